The first kappa shape index (κ1) is 19.2. The van der Waals surface area contributed by atoms with E-state index < -0.39 is 10.0 Å². The maximum absolute atomic E-state index is 12.2. The molecule has 0 saturated carbocycles. The zero-order valence-electron chi connectivity index (χ0n) is 14.8. The van der Waals surface area contributed by atoms with Crippen LogP contribution in [0.4, 0.5) is 5.69 Å². The molecule has 1 fully saturated rings. The first-order valence-corrected chi connectivity index (χ1v) is 10.5. The molecule has 1 aliphatic rings. The van der Waals surface area contributed by atoms with Crippen LogP contribution in [0.2, 0.25) is 5.15 Å². The van der Waals surface area contributed by atoms with E-state index >= 15 is 0 Å². The molecule has 0 amide bonds. The van der Waals surface area contributed by atoms with E-state index in [9.17, 15) is 8.42 Å². The van der Waals surface area contributed by atoms with Gasteiger partial charge in [-0.05, 0) is 25.1 Å². The lowest BCUT2D eigenvalue weighted by atomic mass is 10.2. The largest absolute Gasteiger partial charge is 0.369 e. The number of para-hydroxylation sites is 1. The normalized spacial score (nSPS) is 16.2. The Hall–Kier alpha value is -1.61. The van der Waals surface area contributed by atoms with E-state index in [2.05, 4.69) is 43.8 Å². The fraction of sp³-hybridized carbons (Fsp3) is 0.471. The fourth-order valence-corrected chi connectivity index (χ4v) is 4.52. The summed E-state index contributed by atoms with van der Waals surface area (Å²) in [6.45, 7) is 5.16. The number of piperazine rings is 1. The van der Waals surface area contributed by atoms with Crippen LogP contribution in [0.5, 0.6) is 0 Å². The van der Waals surface area contributed by atoms with E-state index in [1.807, 2.05) is 6.07 Å². The van der Waals surface area contributed by atoms with Crippen LogP contribution in [0, 0.1) is 0 Å². The third-order valence-electron chi connectivity index (χ3n) is 4.53. The average molecular weight is 398 g/mol. The molecular formula is C17H24ClN5O2S. The lowest BCUT2D eigenvalue weighted by Crippen LogP contribution is -2.47. The van der Waals surface area contributed by atoms with Gasteiger partial charge in [-0.1, -0.05) is 29.8 Å². The minimum atomic E-state index is -3.66. The van der Waals surface area contributed by atoms with E-state index in [0.717, 1.165) is 39.1 Å². The number of anilines is 1. The Morgan fingerprint density at radius 2 is 1.85 bits per heavy atom. The van der Waals surface area contributed by atoms with Crippen molar-refractivity contribution < 1.29 is 8.42 Å². The van der Waals surface area contributed by atoms with Crippen LogP contribution in [-0.4, -0.2) is 62.1 Å². The van der Waals surface area contributed by atoms with E-state index in [4.69, 9.17) is 11.6 Å². The highest BCUT2D eigenvalue weighted by Crippen LogP contribution is 2.18. The van der Waals surface area contributed by atoms with Gasteiger partial charge >= 0.3 is 0 Å². The Morgan fingerprint density at radius 3 is 2.46 bits per heavy atom. The number of hydrogen-bond acceptors (Lipinski definition) is 5. The van der Waals surface area contributed by atoms with Gasteiger partial charge in [0.1, 0.15) is 5.15 Å². The summed E-state index contributed by atoms with van der Waals surface area (Å²) in [5.41, 5.74) is 1.26. The number of benzene rings is 1. The Morgan fingerprint density at radius 1 is 1.15 bits per heavy atom. The van der Waals surface area contributed by atoms with E-state index in [-0.39, 0.29) is 10.2 Å². The topological polar surface area (TPSA) is 70.5 Å². The maximum Gasteiger partial charge on any atom is 0.261 e. The monoisotopic (exact) mass is 397 g/mol. The molecule has 0 aliphatic carbocycles. The van der Waals surface area contributed by atoms with Gasteiger partial charge in [0.05, 0.1) is 6.33 Å². The summed E-state index contributed by atoms with van der Waals surface area (Å²) in [5, 5.41) is 0.00711. The highest BCUT2D eigenvalue weighted by atomic mass is 35.5. The molecule has 1 saturated heterocycles. The molecule has 1 N–H and O–H groups in total. The van der Waals surface area contributed by atoms with Gasteiger partial charge in [0.15, 0.2) is 0 Å². The minimum Gasteiger partial charge on any atom is -0.369 e. The summed E-state index contributed by atoms with van der Waals surface area (Å²) < 4.78 is 28.5. The summed E-state index contributed by atoms with van der Waals surface area (Å²) in [4.78, 5) is 8.60. The molecule has 142 valence electrons. The Kier molecular flexibility index (Phi) is 6.18. The summed E-state index contributed by atoms with van der Waals surface area (Å²) in [6.07, 6.45) is 2.14. The van der Waals surface area contributed by atoms with Crippen molar-refractivity contribution >= 4 is 27.3 Å². The smallest absolute Gasteiger partial charge is 0.261 e. The minimum absolute atomic E-state index is 0.113. The third kappa shape index (κ3) is 4.56. The van der Waals surface area contributed by atoms with Gasteiger partial charge in [-0.2, -0.15) is 0 Å². The van der Waals surface area contributed by atoms with E-state index in [0.29, 0.717) is 6.54 Å². The highest BCUT2D eigenvalue weighted by Gasteiger charge is 2.22. The maximum atomic E-state index is 12.2. The third-order valence-corrected chi connectivity index (χ3v) is 6.48. The van der Waals surface area contributed by atoms with Gasteiger partial charge in [0.2, 0.25) is 5.03 Å². The zero-order chi connectivity index (χ0) is 18.6. The molecule has 2 heterocycles. The van der Waals surface area contributed by atoms with Crippen LogP contribution in [-0.2, 0) is 17.1 Å². The molecule has 0 atom stereocenters. The van der Waals surface area contributed by atoms with Crippen LogP contribution in [0.25, 0.3) is 0 Å². The molecule has 1 aliphatic heterocycles. The second-order valence-corrected chi connectivity index (χ2v) is 8.41. The number of aromatic nitrogens is 2. The highest BCUT2D eigenvalue weighted by molar-refractivity contribution is 7.89. The van der Waals surface area contributed by atoms with Crippen molar-refractivity contribution in [2.24, 2.45) is 7.05 Å². The van der Waals surface area contributed by atoms with Gasteiger partial charge in [-0.25, -0.2) is 18.1 Å². The van der Waals surface area contributed by atoms with Gasteiger partial charge in [0, 0.05) is 45.5 Å². The molecular weight excluding hydrogens is 374 g/mol. The van der Waals surface area contributed by atoms with Crippen molar-refractivity contribution in [3.63, 3.8) is 0 Å². The van der Waals surface area contributed by atoms with Crippen molar-refractivity contribution in [3.05, 3.63) is 41.8 Å². The van der Waals surface area contributed by atoms with Gasteiger partial charge < -0.3 is 9.47 Å². The van der Waals surface area contributed by atoms with Gasteiger partial charge in [-0.15, -0.1) is 0 Å². The number of sulfonamides is 1. The SMILES string of the molecule is Cn1cnc(S(=O)(=O)NCCCN2CCN(c3ccccc3)CC2)c1Cl. The van der Waals surface area contributed by atoms with Crippen molar-refractivity contribution in [1.29, 1.82) is 0 Å². The predicted molar refractivity (Wildman–Crippen MR) is 103 cm³/mol. The molecule has 9 heteroatoms. The van der Waals surface area contributed by atoms with Crippen LogP contribution in [0.1, 0.15) is 6.42 Å². The molecule has 0 bridgehead atoms. The summed E-state index contributed by atoms with van der Waals surface area (Å²) >= 11 is 5.96. The van der Waals surface area contributed by atoms with Gasteiger partial charge in [0.25, 0.3) is 10.0 Å². The van der Waals surface area contributed by atoms with Crippen molar-refractivity contribution in [1.82, 2.24) is 19.2 Å². The molecule has 26 heavy (non-hydrogen) atoms. The van der Waals surface area contributed by atoms with Crippen molar-refractivity contribution in [3.8, 4) is 0 Å². The first-order valence-electron chi connectivity index (χ1n) is 8.66. The molecule has 2 aromatic rings. The number of rotatable bonds is 7. The molecule has 3 rings (SSSR count). The number of imidazole rings is 1. The Labute approximate surface area is 159 Å². The molecule has 1 aromatic carbocycles. The fourth-order valence-electron chi connectivity index (χ4n) is 3.02. The van der Waals surface area contributed by atoms with Crippen LogP contribution in [0.15, 0.2) is 41.7 Å². The van der Waals surface area contributed by atoms with Gasteiger partial charge in [-0.3, -0.25) is 4.90 Å². The second-order valence-electron chi connectivity index (χ2n) is 6.37. The number of halogens is 1. The number of hydrogen-bond donors (Lipinski definition) is 1. The summed E-state index contributed by atoms with van der Waals surface area (Å²) in [7, 11) is -2.00. The zero-order valence-corrected chi connectivity index (χ0v) is 16.4. The van der Waals surface area contributed by atoms with Crippen LogP contribution < -0.4 is 9.62 Å². The Bertz CT molecular complexity index is 817. The first-order chi connectivity index (χ1) is 12.5. The summed E-state index contributed by atoms with van der Waals surface area (Å²) in [6, 6.07) is 10.4. The van der Waals surface area contributed by atoms with E-state index in [1.165, 1.54) is 16.6 Å². The molecule has 7 nitrogen and oxygen atoms in total. The number of nitrogens with one attached hydrogen (secondary N) is 1. The second kappa shape index (κ2) is 8.39. The lowest BCUT2D eigenvalue weighted by Gasteiger charge is -2.36. The molecule has 0 unspecified atom stereocenters. The molecule has 0 spiro atoms. The summed E-state index contributed by atoms with van der Waals surface area (Å²) in [5.74, 6) is 0. The van der Waals surface area contributed by atoms with Crippen molar-refractivity contribution in [2.75, 3.05) is 44.2 Å². The quantitative estimate of drug-likeness (QED) is 0.718. The van der Waals surface area contributed by atoms with E-state index in [1.54, 1.807) is 7.05 Å². The van der Waals surface area contributed by atoms with Crippen LogP contribution >= 0.6 is 11.6 Å². The standard InChI is InChI=1S/C17H24ClN5O2S/c1-21-14-19-17(16(21)18)26(24,25)20-8-5-9-22-10-12-23(13-11-22)15-6-3-2-4-7-15/h2-4,6-7,14,20H,5,8-13H2,1H3. The average Bonchev–Trinajstić information content (AvgIpc) is 3.00. The van der Waals surface area contributed by atoms with Crippen LogP contribution in [0.3, 0.4) is 0 Å². The molecule has 1 aromatic heterocycles. The lowest BCUT2D eigenvalue weighted by molar-refractivity contribution is 0.255. The number of aryl methyl sites for hydroxylation is 1. The Balaban J connectivity index is 1.40. The van der Waals surface area contributed by atoms with Crippen molar-refractivity contribution in [2.45, 2.75) is 11.4 Å². The molecule has 0 radical (unpaired) electrons. The predicted octanol–water partition coefficient (Wildman–Crippen LogP) is 1.56. The number of nitrogens with zero attached hydrogens (tertiary/aromatic N) is 4.